The summed E-state index contributed by atoms with van der Waals surface area (Å²) in [7, 11) is 3.15. The van der Waals surface area contributed by atoms with E-state index < -0.39 is 0 Å². The first-order valence-corrected chi connectivity index (χ1v) is 9.95. The molecule has 0 saturated carbocycles. The molecule has 0 unspecified atom stereocenters. The Hall–Kier alpha value is -3.88. The number of amides is 2. The first-order chi connectivity index (χ1) is 15.2. The average molecular weight is 420 g/mol. The van der Waals surface area contributed by atoms with Gasteiger partial charge in [0, 0.05) is 50.2 Å². The quantitative estimate of drug-likeness (QED) is 0.678. The number of hydrogen-bond donors (Lipinski definition) is 1. The second kappa shape index (κ2) is 9.29. The number of piperazine rings is 1. The van der Waals surface area contributed by atoms with Crippen LogP contribution < -0.4 is 19.7 Å². The van der Waals surface area contributed by atoms with E-state index in [0.29, 0.717) is 43.4 Å². The van der Waals surface area contributed by atoms with Crippen molar-refractivity contribution in [1.82, 2.24) is 20.1 Å². The van der Waals surface area contributed by atoms with Gasteiger partial charge in [0.25, 0.3) is 0 Å². The lowest BCUT2D eigenvalue weighted by Crippen LogP contribution is -2.50. The van der Waals surface area contributed by atoms with Crippen LogP contribution in [0.2, 0.25) is 0 Å². The van der Waals surface area contributed by atoms with Crippen molar-refractivity contribution in [3.63, 3.8) is 0 Å². The third-order valence-electron chi connectivity index (χ3n) is 5.17. The fraction of sp³-hybridized carbons (Fsp3) is 0.273. The van der Waals surface area contributed by atoms with Gasteiger partial charge in [-0.3, -0.25) is 4.98 Å². The van der Waals surface area contributed by atoms with Crippen LogP contribution in [0, 0.1) is 0 Å². The van der Waals surface area contributed by atoms with Crippen molar-refractivity contribution in [2.45, 2.75) is 0 Å². The van der Waals surface area contributed by atoms with Crippen LogP contribution in [-0.2, 0) is 0 Å². The van der Waals surface area contributed by atoms with Gasteiger partial charge in [0.1, 0.15) is 11.5 Å². The molecule has 2 aromatic heterocycles. The van der Waals surface area contributed by atoms with Crippen molar-refractivity contribution in [3.05, 3.63) is 54.9 Å². The monoisotopic (exact) mass is 420 g/mol. The first-order valence-electron chi connectivity index (χ1n) is 9.95. The van der Waals surface area contributed by atoms with Gasteiger partial charge in [-0.2, -0.15) is 0 Å². The van der Waals surface area contributed by atoms with E-state index in [1.807, 2.05) is 24.3 Å². The Morgan fingerprint density at radius 1 is 0.935 bits per heavy atom. The van der Waals surface area contributed by atoms with E-state index >= 15 is 0 Å². The lowest BCUT2D eigenvalue weighted by molar-refractivity contribution is 0.208. The van der Waals surface area contributed by atoms with E-state index in [1.165, 1.54) is 0 Å². The molecule has 1 N–H and O–H groups in total. The van der Waals surface area contributed by atoms with Crippen molar-refractivity contribution >= 4 is 17.5 Å². The van der Waals surface area contributed by atoms with Gasteiger partial charge < -0.3 is 24.6 Å². The van der Waals surface area contributed by atoms with Crippen molar-refractivity contribution < 1.29 is 14.3 Å². The lowest BCUT2D eigenvalue weighted by Gasteiger charge is -2.35. The number of carbonyl (C=O) groups excluding carboxylic acids is 1. The van der Waals surface area contributed by atoms with Gasteiger partial charge in [-0.05, 0) is 36.4 Å². The molecule has 4 rings (SSSR count). The predicted octanol–water partition coefficient (Wildman–Crippen LogP) is 2.91. The van der Waals surface area contributed by atoms with E-state index in [1.54, 1.807) is 49.7 Å². The van der Waals surface area contributed by atoms with Crippen LogP contribution in [0.4, 0.5) is 16.3 Å². The average Bonchev–Trinajstić information content (AvgIpc) is 2.84. The third-order valence-corrected chi connectivity index (χ3v) is 5.17. The van der Waals surface area contributed by atoms with Gasteiger partial charge >= 0.3 is 6.03 Å². The van der Waals surface area contributed by atoms with E-state index in [0.717, 1.165) is 17.1 Å². The van der Waals surface area contributed by atoms with Crippen LogP contribution in [0.15, 0.2) is 54.9 Å². The minimum absolute atomic E-state index is 0.176. The normalized spacial score (nSPS) is 13.6. The van der Waals surface area contributed by atoms with Crippen LogP contribution in [-0.4, -0.2) is 66.5 Å². The van der Waals surface area contributed by atoms with Gasteiger partial charge in [0.2, 0.25) is 0 Å². The molecule has 0 radical (unpaired) electrons. The zero-order valence-electron chi connectivity index (χ0n) is 17.5. The number of anilines is 2. The van der Waals surface area contributed by atoms with E-state index in [9.17, 15) is 4.79 Å². The molecule has 1 aromatic carbocycles. The van der Waals surface area contributed by atoms with Crippen molar-refractivity contribution in [2.24, 2.45) is 0 Å². The summed E-state index contributed by atoms with van der Waals surface area (Å²) < 4.78 is 10.6. The number of pyridine rings is 1. The molecule has 9 heteroatoms. The number of ether oxygens (including phenoxy) is 2. The number of aromatic nitrogens is 3. The summed E-state index contributed by atoms with van der Waals surface area (Å²) in [6.07, 6.45) is 3.46. The molecular weight excluding hydrogens is 396 g/mol. The summed E-state index contributed by atoms with van der Waals surface area (Å²) >= 11 is 0. The zero-order chi connectivity index (χ0) is 21.6. The molecule has 2 amide bonds. The van der Waals surface area contributed by atoms with Crippen LogP contribution in [0.1, 0.15) is 0 Å². The summed E-state index contributed by atoms with van der Waals surface area (Å²) in [5.74, 6) is 2.03. The minimum atomic E-state index is -0.176. The molecule has 1 fully saturated rings. The number of benzene rings is 1. The number of urea groups is 1. The number of nitrogens with zero attached hydrogens (tertiary/aromatic N) is 5. The van der Waals surface area contributed by atoms with Crippen molar-refractivity contribution in [2.75, 3.05) is 50.6 Å². The second-order valence-electron chi connectivity index (χ2n) is 6.98. The highest BCUT2D eigenvalue weighted by Crippen LogP contribution is 2.29. The summed E-state index contributed by atoms with van der Waals surface area (Å²) in [5, 5.41) is 11.6. The molecule has 3 heterocycles. The van der Waals surface area contributed by atoms with E-state index in [-0.39, 0.29) is 6.03 Å². The summed E-state index contributed by atoms with van der Waals surface area (Å²) in [5.41, 5.74) is 2.35. The Bertz CT molecular complexity index is 1020. The fourth-order valence-corrected chi connectivity index (χ4v) is 3.42. The smallest absolute Gasteiger partial charge is 0.322 e. The van der Waals surface area contributed by atoms with E-state index in [2.05, 4.69) is 25.4 Å². The third kappa shape index (κ3) is 4.66. The minimum Gasteiger partial charge on any atom is -0.497 e. The lowest BCUT2D eigenvalue weighted by atomic mass is 10.2. The molecule has 0 spiro atoms. The molecule has 1 saturated heterocycles. The Kier molecular flexibility index (Phi) is 6.11. The van der Waals surface area contributed by atoms with Crippen LogP contribution in [0.5, 0.6) is 11.5 Å². The van der Waals surface area contributed by atoms with Gasteiger partial charge in [0.15, 0.2) is 5.82 Å². The summed E-state index contributed by atoms with van der Waals surface area (Å²) in [4.78, 5) is 20.7. The second-order valence-corrected chi connectivity index (χ2v) is 6.98. The predicted molar refractivity (Wildman–Crippen MR) is 118 cm³/mol. The molecule has 31 heavy (non-hydrogen) atoms. The van der Waals surface area contributed by atoms with Gasteiger partial charge in [0.05, 0.1) is 25.6 Å². The number of methoxy groups -OCH3 is 2. The molecule has 0 atom stereocenters. The Morgan fingerprint density at radius 3 is 2.35 bits per heavy atom. The highest BCUT2D eigenvalue weighted by atomic mass is 16.5. The Balaban J connectivity index is 1.36. The first kappa shape index (κ1) is 20.4. The fourth-order valence-electron chi connectivity index (χ4n) is 3.42. The topological polar surface area (TPSA) is 92.7 Å². The number of rotatable bonds is 5. The number of carbonyl (C=O) groups is 1. The van der Waals surface area contributed by atoms with Gasteiger partial charge in [-0.1, -0.05) is 0 Å². The SMILES string of the molecule is COc1ccc(OC)c(NC(=O)N2CCN(c3ccc(-c4ccncc4)nn3)CC2)c1. The van der Waals surface area contributed by atoms with Crippen molar-refractivity contribution in [3.8, 4) is 22.8 Å². The van der Waals surface area contributed by atoms with Gasteiger partial charge in [-0.15, -0.1) is 10.2 Å². The van der Waals surface area contributed by atoms with Crippen LogP contribution in [0.25, 0.3) is 11.3 Å². The van der Waals surface area contributed by atoms with Gasteiger partial charge in [-0.25, -0.2) is 4.79 Å². The standard InChI is InChI=1S/C22H24N6O3/c1-30-17-3-5-20(31-2)19(15-17)24-22(29)28-13-11-27(12-14-28)21-6-4-18(25-26-21)16-7-9-23-10-8-16/h3-10,15H,11-14H2,1-2H3,(H,24,29). The van der Waals surface area contributed by atoms with Crippen LogP contribution >= 0.6 is 0 Å². The molecule has 1 aliphatic heterocycles. The molecule has 1 aliphatic rings. The molecule has 0 bridgehead atoms. The molecule has 9 nitrogen and oxygen atoms in total. The molecular formula is C22H24N6O3. The van der Waals surface area contributed by atoms with Crippen molar-refractivity contribution in [1.29, 1.82) is 0 Å². The summed E-state index contributed by atoms with van der Waals surface area (Å²) in [6.45, 7) is 2.50. The summed E-state index contributed by atoms with van der Waals surface area (Å²) in [6, 6.07) is 12.8. The molecule has 3 aromatic rings. The maximum atomic E-state index is 12.7. The Morgan fingerprint density at radius 2 is 1.71 bits per heavy atom. The molecule has 160 valence electrons. The Labute approximate surface area is 180 Å². The maximum absolute atomic E-state index is 12.7. The molecule has 0 aliphatic carbocycles. The largest absolute Gasteiger partial charge is 0.497 e. The highest BCUT2D eigenvalue weighted by Gasteiger charge is 2.23. The number of hydrogen-bond acceptors (Lipinski definition) is 7. The van der Waals surface area contributed by atoms with Crippen LogP contribution in [0.3, 0.4) is 0 Å². The maximum Gasteiger partial charge on any atom is 0.322 e. The highest BCUT2D eigenvalue weighted by molar-refractivity contribution is 5.91. The zero-order valence-corrected chi connectivity index (χ0v) is 17.5. The number of nitrogens with one attached hydrogen (secondary N) is 1. The van der Waals surface area contributed by atoms with E-state index in [4.69, 9.17) is 9.47 Å².